The Morgan fingerprint density at radius 1 is 1.57 bits per heavy atom. The molecule has 1 rings (SSSR count). The van der Waals surface area contributed by atoms with Crippen LogP contribution in [0, 0.1) is 5.92 Å². The Bertz CT molecular complexity index is 304. The summed E-state index contributed by atoms with van der Waals surface area (Å²) in [6.45, 7) is 6.29. The maximum absolute atomic E-state index is 11.5. The molecule has 78 valence electrons. The highest BCUT2D eigenvalue weighted by Crippen LogP contribution is 2.24. The average Bonchev–Trinajstić information content (AvgIpc) is 2.31. The van der Waals surface area contributed by atoms with Gasteiger partial charge in [0.1, 0.15) is 0 Å². The zero-order valence-electron chi connectivity index (χ0n) is 8.70. The summed E-state index contributed by atoms with van der Waals surface area (Å²) < 4.78 is 0. The third-order valence-electron chi connectivity index (χ3n) is 2.28. The van der Waals surface area contributed by atoms with Gasteiger partial charge < -0.3 is 10.0 Å². The molecule has 1 amide bonds. The van der Waals surface area contributed by atoms with Crippen molar-refractivity contribution < 1.29 is 14.7 Å². The fourth-order valence-electron chi connectivity index (χ4n) is 1.56. The van der Waals surface area contributed by atoms with Gasteiger partial charge in [-0.05, 0) is 12.8 Å². The zero-order chi connectivity index (χ0) is 10.9. The first-order chi connectivity index (χ1) is 6.43. The molecule has 0 radical (unpaired) electrons. The van der Waals surface area contributed by atoms with Crippen LogP contribution in [0.4, 0.5) is 0 Å². The van der Waals surface area contributed by atoms with Gasteiger partial charge in [0.2, 0.25) is 5.91 Å². The third-order valence-corrected chi connectivity index (χ3v) is 2.28. The molecule has 0 saturated heterocycles. The predicted molar refractivity (Wildman–Crippen MR) is 51.5 cm³/mol. The molecule has 0 aromatic heterocycles. The van der Waals surface area contributed by atoms with E-state index in [4.69, 9.17) is 5.11 Å². The van der Waals surface area contributed by atoms with Crippen LogP contribution in [0.2, 0.25) is 0 Å². The number of amides is 1. The molecular weight excluding hydrogens is 182 g/mol. The Morgan fingerprint density at radius 2 is 2.14 bits per heavy atom. The molecule has 4 nitrogen and oxygen atoms in total. The Kier molecular flexibility index (Phi) is 2.93. The van der Waals surface area contributed by atoms with E-state index in [0.717, 1.165) is 0 Å². The molecule has 0 atom stereocenters. The molecule has 4 heteroatoms. The van der Waals surface area contributed by atoms with Crippen molar-refractivity contribution in [3.05, 3.63) is 11.3 Å². The number of nitrogens with zero attached hydrogens (tertiary/aromatic N) is 1. The van der Waals surface area contributed by atoms with E-state index in [1.54, 1.807) is 11.8 Å². The maximum Gasteiger partial charge on any atom is 0.333 e. The number of hydrogen-bond donors (Lipinski definition) is 1. The van der Waals surface area contributed by atoms with Crippen LogP contribution in [-0.2, 0) is 9.59 Å². The molecule has 14 heavy (non-hydrogen) atoms. The molecule has 1 N–H and O–H groups in total. The summed E-state index contributed by atoms with van der Waals surface area (Å²) in [6, 6.07) is 0. The van der Waals surface area contributed by atoms with Gasteiger partial charge in [-0.2, -0.15) is 0 Å². The molecule has 0 fully saturated rings. The standard InChI is InChI=1S/C10H15NO3/c1-6(2)5-11-7(3)8(10(13)14)4-9(11)12/h6H,4-5H2,1-3H3,(H,13,14). The van der Waals surface area contributed by atoms with Crippen molar-refractivity contribution in [1.29, 1.82) is 0 Å². The minimum Gasteiger partial charge on any atom is -0.478 e. The monoisotopic (exact) mass is 197 g/mol. The molecule has 1 aliphatic rings. The molecular formula is C10H15NO3. The van der Waals surface area contributed by atoms with Gasteiger partial charge in [0, 0.05) is 12.2 Å². The van der Waals surface area contributed by atoms with Gasteiger partial charge in [-0.1, -0.05) is 13.8 Å². The second kappa shape index (κ2) is 3.82. The van der Waals surface area contributed by atoms with Crippen LogP contribution < -0.4 is 0 Å². The molecule has 0 spiro atoms. The van der Waals surface area contributed by atoms with Crippen LogP contribution in [0.5, 0.6) is 0 Å². The fourth-order valence-corrected chi connectivity index (χ4v) is 1.56. The quantitative estimate of drug-likeness (QED) is 0.740. The lowest BCUT2D eigenvalue weighted by Gasteiger charge is -2.19. The molecule has 0 aromatic carbocycles. The number of carbonyl (C=O) groups is 2. The topological polar surface area (TPSA) is 57.6 Å². The summed E-state index contributed by atoms with van der Waals surface area (Å²) in [5, 5.41) is 8.82. The smallest absolute Gasteiger partial charge is 0.333 e. The largest absolute Gasteiger partial charge is 0.478 e. The number of hydrogen-bond acceptors (Lipinski definition) is 2. The van der Waals surface area contributed by atoms with Crippen LogP contribution >= 0.6 is 0 Å². The molecule has 1 aliphatic heterocycles. The first kappa shape index (κ1) is 10.8. The lowest BCUT2D eigenvalue weighted by atomic mass is 10.2. The SMILES string of the molecule is CC1=C(C(=O)O)CC(=O)N1CC(C)C. The van der Waals surface area contributed by atoms with E-state index >= 15 is 0 Å². The summed E-state index contributed by atoms with van der Waals surface area (Å²) in [5.41, 5.74) is 0.826. The first-order valence-corrected chi connectivity index (χ1v) is 4.67. The van der Waals surface area contributed by atoms with Crippen molar-refractivity contribution in [3.63, 3.8) is 0 Å². The second-order valence-electron chi connectivity index (χ2n) is 3.94. The van der Waals surface area contributed by atoms with Gasteiger partial charge in [0.15, 0.2) is 0 Å². The average molecular weight is 197 g/mol. The van der Waals surface area contributed by atoms with Crippen LogP contribution in [0.3, 0.4) is 0 Å². The Hall–Kier alpha value is -1.32. The summed E-state index contributed by atoms with van der Waals surface area (Å²) >= 11 is 0. The summed E-state index contributed by atoms with van der Waals surface area (Å²) in [7, 11) is 0. The molecule has 0 unspecified atom stereocenters. The van der Waals surface area contributed by atoms with Gasteiger partial charge in [-0.3, -0.25) is 4.79 Å². The van der Waals surface area contributed by atoms with Gasteiger partial charge in [-0.15, -0.1) is 0 Å². The highest BCUT2D eigenvalue weighted by atomic mass is 16.4. The number of carbonyl (C=O) groups excluding carboxylic acids is 1. The summed E-state index contributed by atoms with van der Waals surface area (Å²) in [5.74, 6) is -0.738. The number of allylic oxidation sites excluding steroid dienone is 1. The minimum atomic E-state index is -0.984. The summed E-state index contributed by atoms with van der Waals surface area (Å²) in [6.07, 6.45) is 0.0356. The van der Waals surface area contributed by atoms with Gasteiger partial charge in [-0.25, -0.2) is 4.79 Å². The van der Waals surface area contributed by atoms with Crippen molar-refractivity contribution in [3.8, 4) is 0 Å². The van der Waals surface area contributed by atoms with Crippen LogP contribution in [0.25, 0.3) is 0 Å². The van der Waals surface area contributed by atoms with Crippen LogP contribution in [-0.4, -0.2) is 28.4 Å². The highest BCUT2D eigenvalue weighted by Gasteiger charge is 2.30. The molecule has 0 bridgehead atoms. The van der Waals surface area contributed by atoms with Gasteiger partial charge in [0.05, 0.1) is 12.0 Å². The van der Waals surface area contributed by atoms with Crippen LogP contribution in [0.15, 0.2) is 11.3 Å². The second-order valence-corrected chi connectivity index (χ2v) is 3.94. The van der Waals surface area contributed by atoms with E-state index in [1.807, 2.05) is 13.8 Å². The Labute approximate surface area is 83.2 Å². The fraction of sp³-hybridized carbons (Fsp3) is 0.600. The van der Waals surface area contributed by atoms with Crippen LogP contribution in [0.1, 0.15) is 27.2 Å². The normalized spacial score (nSPS) is 17.1. The Morgan fingerprint density at radius 3 is 2.50 bits per heavy atom. The molecule has 0 aliphatic carbocycles. The number of rotatable bonds is 3. The van der Waals surface area contributed by atoms with Gasteiger partial charge >= 0.3 is 5.97 Å². The summed E-state index contributed by atoms with van der Waals surface area (Å²) in [4.78, 5) is 23.8. The lowest BCUT2D eigenvalue weighted by Crippen LogP contribution is -2.28. The number of carboxylic acid groups (broad SMARTS) is 1. The highest BCUT2D eigenvalue weighted by molar-refractivity contribution is 5.99. The van der Waals surface area contributed by atoms with E-state index in [0.29, 0.717) is 18.2 Å². The molecule has 1 heterocycles. The number of carboxylic acids is 1. The molecule has 0 aromatic rings. The van der Waals surface area contributed by atoms with E-state index in [1.165, 1.54) is 0 Å². The van der Waals surface area contributed by atoms with Crippen molar-refractivity contribution in [1.82, 2.24) is 4.90 Å². The first-order valence-electron chi connectivity index (χ1n) is 4.67. The van der Waals surface area contributed by atoms with E-state index in [-0.39, 0.29) is 17.9 Å². The third kappa shape index (κ3) is 1.95. The number of aliphatic carboxylic acids is 1. The van der Waals surface area contributed by atoms with Crippen molar-refractivity contribution in [2.75, 3.05) is 6.54 Å². The zero-order valence-corrected chi connectivity index (χ0v) is 8.70. The van der Waals surface area contributed by atoms with Gasteiger partial charge in [0.25, 0.3) is 0 Å². The lowest BCUT2D eigenvalue weighted by molar-refractivity contribution is -0.134. The van der Waals surface area contributed by atoms with E-state index < -0.39 is 5.97 Å². The van der Waals surface area contributed by atoms with E-state index in [2.05, 4.69) is 0 Å². The molecule has 0 saturated carbocycles. The predicted octanol–water partition coefficient (Wildman–Crippen LogP) is 1.23. The van der Waals surface area contributed by atoms with Crippen molar-refractivity contribution in [2.24, 2.45) is 5.92 Å². The van der Waals surface area contributed by atoms with Crippen molar-refractivity contribution >= 4 is 11.9 Å². The maximum atomic E-state index is 11.5. The Balaban J connectivity index is 2.87. The van der Waals surface area contributed by atoms with Crippen molar-refractivity contribution in [2.45, 2.75) is 27.2 Å². The minimum absolute atomic E-state index is 0.0356. The van der Waals surface area contributed by atoms with E-state index in [9.17, 15) is 9.59 Å².